The van der Waals surface area contributed by atoms with E-state index < -0.39 is 0 Å². The van der Waals surface area contributed by atoms with Crippen molar-refractivity contribution in [2.75, 3.05) is 18.5 Å². The molecule has 6 heteroatoms. The van der Waals surface area contributed by atoms with Gasteiger partial charge in [0.2, 0.25) is 0 Å². The fourth-order valence-electron chi connectivity index (χ4n) is 2.36. The van der Waals surface area contributed by atoms with Crippen LogP contribution in [0.15, 0.2) is 12.3 Å². The zero-order valence-corrected chi connectivity index (χ0v) is 11.5. The summed E-state index contributed by atoms with van der Waals surface area (Å²) in [5, 5.41) is 0. The summed E-state index contributed by atoms with van der Waals surface area (Å²) < 4.78 is 5.63. The number of morpholine rings is 1. The Labute approximate surface area is 112 Å². The Bertz CT molecular complexity index is 468. The van der Waals surface area contributed by atoms with E-state index in [1.807, 2.05) is 20.8 Å². The number of hydrogen-bond donors (Lipinski definition) is 2. The van der Waals surface area contributed by atoms with E-state index >= 15 is 0 Å². The molecule has 0 radical (unpaired) electrons. The molecule has 1 aromatic rings. The predicted molar refractivity (Wildman–Crippen MR) is 72.7 cm³/mol. The number of pyridine rings is 1. The van der Waals surface area contributed by atoms with Gasteiger partial charge in [0.15, 0.2) is 0 Å². The van der Waals surface area contributed by atoms with E-state index in [2.05, 4.69) is 10.4 Å². The highest BCUT2D eigenvalue weighted by atomic mass is 16.5. The van der Waals surface area contributed by atoms with Crippen LogP contribution in [0.3, 0.4) is 0 Å². The van der Waals surface area contributed by atoms with Crippen LogP contribution in [-0.4, -0.2) is 41.1 Å². The van der Waals surface area contributed by atoms with Crippen molar-refractivity contribution in [3.8, 4) is 0 Å². The van der Waals surface area contributed by atoms with E-state index in [1.165, 1.54) is 0 Å². The topological polar surface area (TPSA) is 80.5 Å². The van der Waals surface area contributed by atoms with Gasteiger partial charge in [0.1, 0.15) is 0 Å². The molecule has 0 bridgehead atoms. The summed E-state index contributed by atoms with van der Waals surface area (Å²) in [5.74, 6) is 5.40. The van der Waals surface area contributed by atoms with Crippen LogP contribution in [0.1, 0.15) is 29.9 Å². The number of nitrogens with one attached hydrogen (secondary N) is 1. The fourth-order valence-corrected chi connectivity index (χ4v) is 2.36. The van der Waals surface area contributed by atoms with Crippen molar-refractivity contribution in [2.24, 2.45) is 5.84 Å². The molecule has 0 spiro atoms. The van der Waals surface area contributed by atoms with Gasteiger partial charge in [-0.15, -0.1) is 0 Å². The molecule has 2 unspecified atom stereocenters. The summed E-state index contributed by atoms with van der Waals surface area (Å²) in [6, 6.07) is 1.76. The van der Waals surface area contributed by atoms with Gasteiger partial charge in [0.05, 0.1) is 23.5 Å². The van der Waals surface area contributed by atoms with E-state index in [9.17, 15) is 4.79 Å². The standard InChI is InChI=1S/C13H20N4O2/c1-8-4-12(16-14)11(5-15-8)13(18)17-6-9(2)19-10(3)7-17/h4-5,9-10H,6-7,14H2,1-3H3,(H,15,16). The molecule has 2 atom stereocenters. The largest absolute Gasteiger partial charge is 0.372 e. The number of amides is 1. The summed E-state index contributed by atoms with van der Waals surface area (Å²) in [7, 11) is 0. The molecule has 104 valence electrons. The maximum atomic E-state index is 12.5. The van der Waals surface area contributed by atoms with Crippen LogP contribution in [-0.2, 0) is 4.74 Å². The first-order valence-corrected chi connectivity index (χ1v) is 6.39. The Morgan fingerprint density at radius 3 is 2.68 bits per heavy atom. The first kappa shape index (κ1) is 13.8. The van der Waals surface area contributed by atoms with Crippen LogP contribution < -0.4 is 11.3 Å². The monoisotopic (exact) mass is 264 g/mol. The van der Waals surface area contributed by atoms with Crippen molar-refractivity contribution in [1.82, 2.24) is 9.88 Å². The third-order valence-electron chi connectivity index (χ3n) is 3.13. The lowest BCUT2D eigenvalue weighted by atomic mass is 10.1. The van der Waals surface area contributed by atoms with E-state index in [4.69, 9.17) is 10.6 Å². The van der Waals surface area contributed by atoms with E-state index in [-0.39, 0.29) is 18.1 Å². The van der Waals surface area contributed by atoms with E-state index in [0.717, 1.165) is 5.69 Å². The normalized spacial score (nSPS) is 23.3. The average Bonchev–Trinajstić information content (AvgIpc) is 2.36. The van der Waals surface area contributed by atoms with Crippen molar-refractivity contribution in [1.29, 1.82) is 0 Å². The lowest BCUT2D eigenvalue weighted by molar-refractivity contribution is -0.0586. The molecule has 0 saturated carbocycles. The van der Waals surface area contributed by atoms with Crippen LogP contribution in [0, 0.1) is 6.92 Å². The molecule has 2 rings (SSSR count). The first-order chi connectivity index (χ1) is 9.01. The highest BCUT2D eigenvalue weighted by Gasteiger charge is 2.27. The number of aryl methyl sites for hydroxylation is 1. The zero-order chi connectivity index (χ0) is 14.0. The third kappa shape index (κ3) is 3.02. The minimum absolute atomic E-state index is 0.0420. The first-order valence-electron chi connectivity index (χ1n) is 6.39. The van der Waals surface area contributed by atoms with Crippen molar-refractivity contribution in [2.45, 2.75) is 33.0 Å². The SMILES string of the molecule is Cc1cc(NN)c(C(=O)N2CC(C)OC(C)C2)cn1. The van der Waals surface area contributed by atoms with Crippen LogP contribution in [0.5, 0.6) is 0 Å². The molecular weight excluding hydrogens is 244 g/mol. The van der Waals surface area contributed by atoms with Gasteiger partial charge in [-0.2, -0.15) is 0 Å². The summed E-state index contributed by atoms with van der Waals surface area (Å²) in [6.45, 7) is 6.95. The number of nitrogens with two attached hydrogens (primary N) is 1. The Balaban J connectivity index is 2.24. The lowest BCUT2D eigenvalue weighted by Crippen LogP contribution is -2.48. The Hall–Kier alpha value is -1.66. The number of anilines is 1. The molecule has 1 amide bonds. The smallest absolute Gasteiger partial charge is 0.257 e. The number of rotatable bonds is 2. The van der Waals surface area contributed by atoms with Crippen LogP contribution in [0.25, 0.3) is 0 Å². The maximum Gasteiger partial charge on any atom is 0.257 e. The van der Waals surface area contributed by atoms with Gasteiger partial charge in [-0.1, -0.05) is 0 Å². The molecule has 2 heterocycles. The Morgan fingerprint density at radius 1 is 1.47 bits per heavy atom. The van der Waals surface area contributed by atoms with Gasteiger partial charge < -0.3 is 15.1 Å². The van der Waals surface area contributed by atoms with Gasteiger partial charge in [-0.05, 0) is 26.8 Å². The highest BCUT2D eigenvalue weighted by molar-refractivity contribution is 5.99. The number of carbonyl (C=O) groups excluding carboxylic acids is 1. The highest BCUT2D eigenvalue weighted by Crippen LogP contribution is 2.19. The molecule has 1 aromatic heterocycles. The van der Waals surface area contributed by atoms with Crippen LogP contribution >= 0.6 is 0 Å². The summed E-state index contributed by atoms with van der Waals surface area (Å²) in [6.07, 6.45) is 1.65. The van der Waals surface area contributed by atoms with Crippen LogP contribution in [0.4, 0.5) is 5.69 Å². The second-order valence-corrected chi connectivity index (χ2v) is 4.98. The Morgan fingerprint density at radius 2 is 2.11 bits per heavy atom. The van der Waals surface area contributed by atoms with Crippen molar-refractivity contribution in [3.05, 3.63) is 23.5 Å². The van der Waals surface area contributed by atoms with E-state index in [0.29, 0.717) is 24.3 Å². The second-order valence-electron chi connectivity index (χ2n) is 4.98. The number of nitrogens with zero attached hydrogens (tertiary/aromatic N) is 2. The molecular formula is C13H20N4O2. The summed E-state index contributed by atoms with van der Waals surface area (Å²) in [5.41, 5.74) is 4.47. The number of ether oxygens (including phenoxy) is 1. The molecule has 0 aromatic carbocycles. The minimum Gasteiger partial charge on any atom is -0.372 e. The molecule has 0 aliphatic carbocycles. The molecule has 1 fully saturated rings. The molecule has 1 saturated heterocycles. The minimum atomic E-state index is -0.0672. The van der Waals surface area contributed by atoms with Gasteiger partial charge in [0, 0.05) is 25.0 Å². The molecule has 6 nitrogen and oxygen atoms in total. The molecule has 19 heavy (non-hydrogen) atoms. The van der Waals surface area contributed by atoms with Gasteiger partial charge in [-0.3, -0.25) is 15.6 Å². The van der Waals surface area contributed by atoms with Gasteiger partial charge in [-0.25, -0.2) is 0 Å². The average molecular weight is 264 g/mol. The number of nitrogen functional groups attached to an aromatic ring is 1. The number of hydrogen-bond acceptors (Lipinski definition) is 5. The summed E-state index contributed by atoms with van der Waals surface area (Å²) in [4.78, 5) is 18.5. The van der Waals surface area contributed by atoms with Crippen molar-refractivity contribution in [3.63, 3.8) is 0 Å². The van der Waals surface area contributed by atoms with E-state index in [1.54, 1.807) is 17.2 Å². The Kier molecular flexibility index (Phi) is 4.01. The van der Waals surface area contributed by atoms with Crippen molar-refractivity contribution >= 4 is 11.6 Å². The number of aromatic nitrogens is 1. The van der Waals surface area contributed by atoms with Gasteiger partial charge >= 0.3 is 0 Å². The van der Waals surface area contributed by atoms with Crippen LogP contribution in [0.2, 0.25) is 0 Å². The summed E-state index contributed by atoms with van der Waals surface area (Å²) >= 11 is 0. The quantitative estimate of drug-likeness (QED) is 0.613. The molecule has 1 aliphatic rings. The van der Waals surface area contributed by atoms with Gasteiger partial charge in [0.25, 0.3) is 5.91 Å². The van der Waals surface area contributed by atoms with Crippen molar-refractivity contribution < 1.29 is 9.53 Å². The third-order valence-corrected chi connectivity index (χ3v) is 3.13. The second kappa shape index (κ2) is 5.54. The lowest BCUT2D eigenvalue weighted by Gasteiger charge is -2.35. The zero-order valence-electron chi connectivity index (χ0n) is 11.5. The fraction of sp³-hybridized carbons (Fsp3) is 0.538. The predicted octanol–water partition coefficient (Wildman–Crippen LogP) is 0.925. The number of carbonyl (C=O) groups is 1. The number of hydrazine groups is 1. The molecule has 1 aliphatic heterocycles. The maximum absolute atomic E-state index is 12.5. The molecule has 3 N–H and O–H groups in total.